The van der Waals surface area contributed by atoms with Gasteiger partial charge in [0.1, 0.15) is 0 Å². The highest BCUT2D eigenvalue weighted by atomic mass is 32.2. The molecule has 0 unspecified atom stereocenters. The first-order valence-corrected chi connectivity index (χ1v) is 12.0. The number of halogens is 3. The van der Waals surface area contributed by atoms with E-state index >= 15 is 0 Å². The van der Waals surface area contributed by atoms with Crippen molar-refractivity contribution in [1.82, 2.24) is 9.88 Å². The maximum atomic E-state index is 12.7. The average Bonchev–Trinajstić information content (AvgIpc) is 2.95. The Bertz CT molecular complexity index is 802. The molecule has 2 aliphatic heterocycles. The minimum absolute atomic E-state index is 0.0527. The van der Waals surface area contributed by atoms with Gasteiger partial charge in [0, 0.05) is 30.4 Å². The lowest BCUT2D eigenvalue weighted by Gasteiger charge is -2.45. The summed E-state index contributed by atoms with van der Waals surface area (Å²) < 4.78 is 62.1. The smallest absolute Gasteiger partial charge is 0.300 e. The van der Waals surface area contributed by atoms with Gasteiger partial charge in [0.25, 0.3) is 0 Å². The van der Waals surface area contributed by atoms with Crippen LogP contribution in [-0.4, -0.2) is 48.9 Å². The van der Waals surface area contributed by atoms with Crippen LogP contribution in [0.25, 0.3) is 0 Å². The summed E-state index contributed by atoms with van der Waals surface area (Å²) in [4.78, 5) is 6.57. The zero-order valence-corrected chi connectivity index (χ0v) is 16.7. The Morgan fingerprint density at radius 1 is 1.11 bits per heavy atom. The monoisotopic (exact) mass is 416 g/mol. The predicted octanol–water partition coefficient (Wildman–Crippen LogP) is 4.03. The average molecular weight is 417 g/mol. The standard InChI is InChI=1S/C20H27F3N2O2S/c21-20(22,23)16-4-7-18(24-12-16)15-2-5-17(6-3-15)25-10-1-8-19(13-25)9-11-28(26,27)14-19/h4,7,12,15,17H,1-3,5-6,8-11,13-14H2/t15-,17+,19-/m1/s1. The van der Waals surface area contributed by atoms with Gasteiger partial charge in [-0.2, -0.15) is 13.2 Å². The summed E-state index contributed by atoms with van der Waals surface area (Å²) in [6, 6.07) is 3.10. The van der Waals surface area contributed by atoms with Crippen LogP contribution in [0.4, 0.5) is 13.2 Å². The summed E-state index contributed by atoms with van der Waals surface area (Å²) in [5.41, 5.74) is 0.00152. The molecule has 4 nitrogen and oxygen atoms in total. The normalized spacial score (nSPS) is 34.0. The highest BCUT2D eigenvalue weighted by Gasteiger charge is 2.46. The van der Waals surface area contributed by atoms with Crippen molar-refractivity contribution < 1.29 is 21.6 Å². The molecule has 2 saturated heterocycles. The maximum absolute atomic E-state index is 12.7. The Hall–Kier alpha value is -1.15. The second-order valence-corrected chi connectivity index (χ2v) is 11.1. The van der Waals surface area contributed by atoms with Crippen LogP contribution in [-0.2, 0) is 16.0 Å². The summed E-state index contributed by atoms with van der Waals surface area (Å²) in [7, 11) is -2.88. The molecule has 156 valence electrons. The van der Waals surface area contributed by atoms with E-state index in [-0.39, 0.29) is 11.3 Å². The highest BCUT2D eigenvalue weighted by molar-refractivity contribution is 7.91. The molecule has 3 heterocycles. The van der Waals surface area contributed by atoms with E-state index in [2.05, 4.69) is 9.88 Å². The minimum atomic E-state index is -4.35. The van der Waals surface area contributed by atoms with Crippen LogP contribution in [0.3, 0.4) is 0 Å². The number of rotatable bonds is 2. The summed E-state index contributed by atoms with van der Waals surface area (Å²) in [6.45, 7) is 1.90. The molecule has 3 aliphatic rings. The first-order valence-electron chi connectivity index (χ1n) is 10.1. The molecule has 0 bridgehead atoms. The van der Waals surface area contributed by atoms with Crippen molar-refractivity contribution in [3.63, 3.8) is 0 Å². The molecule has 0 N–H and O–H groups in total. The number of nitrogens with zero attached hydrogens (tertiary/aromatic N) is 2. The maximum Gasteiger partial charge on any atom is 0.417 e. The number of hydrogen-bond acceptors (Lipinski definition) is 4. The van der Waals surface area contributed by atoms with E-state index in [0.29, 0.717) is 17.5 Å². The van der Waals surface area contributed by atoms with E-state index < -0.39 is 21.6 Å². The van der Waals surface area contributed by atoms with Crippen molar-refractivity contribution >= 4 is 9.84 Å². The molecule has 0 radical (unpaired) electrons. The van der Waals surface area contributed by atoms with Gasteiger partial charge in [0.15, 0.2) is 9.84 Å². The predicted molar refractivity (Wildman–Crippen MR) is 101 cm³/mol. The first kappa shape index (κ1) is 20.1. The number of aromatic nitrogens is 1. The van der Waals surface area contributed by atoms with Gasteiger partial charge in [-0.1, -0.05) is 0 Å². The molecule has 1 saturated carbocycles. The molecular formula is C20H27F3N2O2S. The second kappa shape index (κ2) is 7.27. The van der Waals surface area contributed by atoms with E-state index in [4.69, 9.17) is 0 Å². The van der Waals surface area contributed by atoms with Gasteiger partial charge in [-0.3, -0.25) is 9.88 Å². The number of sulfone groups is 1. The summed E-state index contributed by atoms with van der Waals surface area (Å²) in [6.07, 6.45) is 3.28. The summed E-state index contributed by atoms with van der Waals surface area (Å²) in [5.74, 6) is 0.873. The van der Waals surface area contributed by atoms with Crippen molar-refractivity contribution in [1.29, 1.82) is 0 Å². The molecule has 1 atom stereocenters. The fraction of sp³-hybridized carbons (Fsp3) is 0.750. The van der Waals surface area contributed by atoms with Gasteiger partial charge in [-0.05, 0) is 69.0 Å². The van der Waals surface area contributed by atoms with Crippen LogP contribution in [0.1, 0.15) is 62.1 Å². The molecule has 4 rings (SSSR count). The molecule has 1 aliphatic carbocycles. The van der Waals surface area contributed by atoms with Crippen molar-refractivity contribution in [2.24, 2.45) is 5.41 Å². The Morgan fingerprint density at radius 2 is 1.86 bits per heavy atom. The van der Waals surface area contributed by atoms with Gasteiger partial charge in [0.2, 0.25) is 0 Å². The fourth-order valence-corrected chi connectivity index (χ4v) is 7.62. The number of piperidine rings is 1. The molecule has 28 heavy (non-hydrogen) atoms. The second-order valence-electron chi connectivity index (χ2n) is 8.89. The molecule has 1 aromatic rings. The molecule has 1 aromatic heterocycles. The van der Waals surface area contributed by atoms with Crippen LogP contribution in [0.15, 0.2) is 18.3 Å². The van der Waals surface area contributed by atoms with E-state index in [9.17, 15) is 21.6 Å². The van der Waals surface area contributed by atoms with E-state index in [0.717, 1.165) is 76.0 Å². The lowest BCUT2D eigenvalue weighted by atomic mass is 9.77. The summed E-state index contributed by atoms with van der Waals surface area (Å²) in [5, 5.41) is 0. The van der Waals surface area contributed by atoms with Gasteiger partial charge >= 0.3 is 6.18 Å². The Morgan fingerprint density at radius 3 is 2.43 bits per heavy atom. The molecular weight excluding hydrogens is 389 g/mol. The SMILES string of the molecule is O=S1(=O)CC[C@@]2(CCCN([C@H]3CC[C@@H](c4ccc(C(F)(F)F)cn4)CC3)C2)C1. The zero-order valence-electron chi connectivity index (χ0n) is 15.9. The molecule has 0 amide bonds. The van der Waals surface area contributed by atoms with Crippen LogP contribution < -0.4 is 0 Å². The van der Waals surface area contributed by atoms with Crippen LogP contribution in [0.2, 0.25) is 0 Å². The number of hydrogen-bond donors (Lipinski definition) is 0. The van der Waals surface area contributed by atoms with Gasteiger partial charge in [0.05, 0.1) is 17.1 Å². The lowest BCUT2D eigenvalue weighted by molar-refractivity contribution is -0.137. The Balaban J connectivity index is 1.35. The van der Waals surface area contributed by atoms with Crippen molar-refractivity contribution in [2.45, 2.75) is 63.1 Å². The van der Waals surface area contributed by atoms with Gasteiger partial charge in [-0.25, -0.2) is 8.42 Å². The topological polar surface area (TPSA) is 50.3 Å². The molecule has 3 fully saturated rings. The van der Waals surface area contributed by atoms with Crippen LogP contribution in [0, 0.1) is 5.41 Å². The minimum Gasteiger partial charge on any atom is -0.300 e. The third kappa shape index (κ3) is 4.22. The van der Waals surface area contributed by atoms with Gasteiger partial charge in [-0.15, -0.1) is 0 Å². The number of likely N-dealkylation sites (tertiary alicyclic amines) is 1. The van der Waals surface area contributed by atoms with Crippen LogP contribution in [0.5, 0.6) is 0 Å². The van der Waals surface area contributed by atoms with E-state index in [1.807, 2.05) is 0 Å². The first-order chi connectivity index (χ1) is 13.2. The largest absolute Gasteiger partial charge is 0.417 e. The van der Waals surface area contributed by atoms with E-state index in [1.54, 1.807) is 0 Å². The van der Waals surface area contributed by atoms with Crippen molar-refractivity contribution in [2.75, 3.05) is 24.6 Å². The zero-order chi connectivity index (χ0) is 20.0. The fourth-order valence-electron chi connectivity index (χ4n) is 5.41. The summed E-state index contributed by atoms with van der Waals surface area (Å²) >= 11 is 0. The Labute approximate surface area is 164 Å². The third-order valence-corrected chi connectivity index (χ3v) is 8.78. The number of pyridine rings is 1. The van der Waals surface area contributed by atoms with E-state index in [1.165, 1.54) is 6.07 Å². The van der Waals surface area contributed by atoms with Gasteiger partial charge < -0.3 is 0 Å². The van der Waals surface area contributed by atoms with Crippen LogP contribution >= 0.6 is 0 Å². The molecule has 1 spiro atoms. The molecule has 0 aromatic carbocycles. The molecule has 8 heteroatoms. The highest BCUT2D eigenvalue weighted by Crippen LogP contribution is 2.43. The van der Waals surface area contributed by atoms with Crippen molar-refractivity contribution in [3.8, 4) is 0 Å². The number of alkyl halides is 3. The lowest BCUT2D eigenvalue weighted by Crippen LogP contribution is -2.49. The third-order valence-electron chi connectivity index (χ3n) is 6.91. The quantitative estimate of drug-likeness (QED) is 0.731. The van der Waals surface area contributed by atoms with Crippen molar-refractivity contribution in [3.05, 3.63) is 29.6 Å². The Kier molecular flexibility index (Phi) is 5.23.